The van der Waals surface area contributed by atoms with E-state index in [1.807, 2.05) is 17.0 Å². The summed E-state index contributed by atoms with van der Waals surface area (Å²) in [7, 11) is 0. The molecule has 1 saturated carbocycles. The molecule has 4 heteroatoms. The van der Waals surface area contributed by atoms with Crippen LogP contribution in [0.15, 0.2) is 42.6 Å². The monoisotopic (exact) mass is 285 g/mol. The van der Waals surface area contributed by atoms with Crippen molar-refractivity contribution in [3.63, 3.8) is 0 Å². The Hall–Kier alpha value is -1.94. The van der Waals surface area contributed by atoms with Gasteiger partial charge in [0.25, 0.3) is 0 Å². The molecule has 3 nitrogen and oxygen atoms in total. The van der Waals surface area contributed by atoms with E-state index >= 15 is 0 Å². The quantitative estimate of drug-likeness (QED) is 0.878. The number of benzene rings is 1. The van der Waals surface area contributed by atoms with Crippen LogP contribution in [0.2, 0.25) is 0 Å². The van der Waals surface area contributed by atoms with Crippen LogP contribution in [0, 0.1) is 5.82 Å². The van der Waals surface area contributed by atoms with E-state index in [0.717, 1.165) is 30.2 Å². The van der Waals surface area contributed by atoms with Crippen LogP contribution in [0.4, 0.5) is 15.9 Å². The SMILES string of the molecule is CCN(c1cccc(F)c1)c1ncccc1CNC1CC1. The topological polar surface area (TPSA) is 28.2 Å². The first kappa shape index (κ1) is 14.0. The number of aromatic nitrogens is 1. The highest BCUT2D eigenvalue weighted by molar-refractivity contribution is 5.62. The van der Waals surface area contributed by atoms with Gasteiger partial charge >= 0.3 is 0 Å². The highest BCUT2D eigenvalue weighted by Crippen LogP contribution is 2.27. The van der Waals surface area contributed by atoms with Crippen LogP contribution in [-0.2, 0) is 6.54 Å². The average molecular weight is 285 g/mol. The summed E-state index contributed by atoms with van der Waals surface area (Å²) in [6.45, 7) is 3.61. The third kappa shape index (κ3) is 3.39. The van der Waals surface area contributed by atoms with E-state index in [1.165, 1.54) is 18.9 Å². The molecule has 1 aromatic heterocycles. The molecule has 0 aliphatic heterocycles. The molecular formula is C17H20FN3. The Bertz CT molecular complexity index is 610. The van der Waals surface area contributed by atoms with Gasteiger partial charge in [0.05, 0.1) is 0 Å². The molecular weight excluding hydrogens is 265 g/mol. The van der Waals surface area contributed by atoms with Gasteiger partial charge in [-0.05, 0) is 44.0 Å². The van der Waals surface area contributed by atoms with Crippen molar-refractivity contribution >= 4 is 11.5 Å². The van der Waals surface area contributed by atoms with E-state index in [2.05, 4.69) is 23.3 Å². The van der Waals surface area contributed by atoms with Crippen LogP contribution >= 0.6 is 0 Å². The molecule has 0 amide bonds. The molecule has 1 heterocycles. The van der Waals surface area contributed by atoms with Crippen LogP contribution in [-0.4, -0.2) is 17.6 Å². The molecule has 0 radical (unpaired) electrons. The van der Waals surface area contributed by atoms with Crippen LogP contribution in [0.5, 0.6) is 0 Å². The summed E-state index contributed by atoms with van der Waals surface area (Å²) in [5.41, 5.74) is 1.99. The summed E-state index contributed by atoms with van der Waals surface area (Å²) in [6, 6.07) is 11.4. The fourth-order valence-corrected chi connectivity index (χ4v) is 2.45. The predicted octanol–water partition coefficient (Wildman–Crippen LogP) is 3.63. The fourth-order valence-electron chi connectivity index (χ4n) is 2.45. The zero-order valence-electron chi connectivity index (χ0n) is 12.2. The Labute approximate surface area is 124 Å². The molecule has 110 valence electrons. The van der Waals surface area contributed by atoms with Crippen molar-refractivity contribution in [2.75, 3.05) is 11.4 Å². The number of halogens is 1. The lowest BCUT2D eigenvalue weighted by Crippen LogP contribution is -2.22. The normalized spacial score (nSPS) is 14.2. The minimum absolute atomic E-state index is 0.223. The molecule has 1 aliphatic carbocycles. The highest BCUT2D eigenvalue weighted by Gasteiger charge is 2.21. The number of anilines is 2. The van der Waals surface area contributed by atoms with Crippen LogP contribution in [0.1, 0.15) is 25.3 Å². The third-order valence-electron chi connectivity index (χ3n) is 3.72. The second kappa shape index (κ2) is 6.22. The summed E-state index contributed by atoms with van der Waals surface area (Å²) in [4.78, 5) is 6.57. The van der Waals surface area contributed by atoms with Gasteiger partial charge in [0.2, 0.25) is 0 Å². The summed E-state index contributed by atoms with van der Waals surface area (Å²) in [5.74, 6) is 0.679. The zero-order chi connectivity index (χ0) is 14.7. The Balaban J connectivity index is 1.88. The second-order valence-electron chi connectivity index (χ2n) is 5.37. The van der Waals surface area contributed by atoms with Crippen molar-refractivity contribution in [1.82, 2.24) is 10.3 Å². The summed E-state index contributed by atoms with van der Waals surface area (Å²) < 4.78 is 13.5. The zero-order valence-corrected chi connectivity index (χ0v) is 12.2. The van der Waals surface area contributed by atoms with Gasteiger partial charge in [0.15, 0.2) is 0 Å². The molecule has 21 heavy (non-hydrogen) atoms. The lowest BCUT2D eigenvalue weighted by atomic mass is 10.2. The minimum Gasteiger partial charge on any atom is -0.326 e. The molecule has 3 rings (SSSR count). The molecule has 1 aromatic carbocycles. The third-order valence-corrected chi connectivity index (χ3v) is 3.72. The van der Waals surface area contributed by atoms with Crippen molar-refractivity contribution in [2.24, 2.45) is 0 Å². The summed E-state index contributed by atoms with van der Waals surface area (Å²) in [5, 5.41) is 3.51. The van der Waals surface area contributed by atoms with E-state index in [9.17, 15) is 4.39 Å². The summed E-state index contributed by atoms with van der Waals surface area (Å²) >= 11 is 0. The fraction of sp³-hybridized carbons (Fsp3) is 0.353. The van der Waals surface area contributed by atoms with Crippen molar-refractivity contribution in [1.29, 1.82) is 0 Å². The predicted molar refractivity (Wildman–Crippen MR) is 83.2 cm³/mol. The van der Waals surface area contributed by atoms with Gasteiger partial charge < -0.3 is 10.2 Å². The maximum Gasteiger partial charge on any atom is 0.137 e. The van der Waals surface area contributed by atoms with Gasteiger partial charge in [0.1, 0.15) is 11.6 Å². The van der Waals surface area contributed by atoms with Gasteiger partial charge in [-0.15, -0.1) is 0 Å². The maximum atomic E-state index is 13.5. The largest absolute Gasteiger partial charge is 0.326 e. The molecule has 0 saturated heterocycles. The molecule has 0 spiro atoms. The smallest absolute Gasteiger partial charge is 0.137 e. The van der Waals surface area contributed by atoms with E-state index in [4.69, 9.17) is 0 Å². The lowest BCUT2D eigenvalue weighted by molar-refractivity contribution is 0.627. The first-order valence-electron chi connectivity index (χ1n) is 7.48. The Morgan fingerprint density at radius 1 is 1.29 bits per heavy atom. The Kier molecular flexibility index (Phi) is 4.15. The Morgan fingerprint density at radius 2 is 2.14 bits per heavy atom. The molecule has 2 aromatic rings. The lowest BCUT2D eigenvalue weighted by Gasteiger charge is -2.24. The Morgan fingerprint density at radius 3 is 2.86 bits per heavy atom. The number of nitrogens with zero attached hydrogens (tertiary/aromatic N) is 2. The number of pyridine rings is 1. The first-order chi connectivity index (χ1) is 10.3. The minimum atomic E-state index is -0.223. The van der Waals surface area contributed by atoms with Crippen molar-refractivity contribution in [3.05, 3.63) is 54.0 Å². The molecule has 1 aliphatic rings. The van der Waals surface area contributed by atoms with Crippen LogP contribution in [0.3, 0.4) is 0 Å². The highest BCUT2D eigenvalue weighted by atomic mass is 19.1. The number of hydrogen-bond acceptors (Lipinski definition) is 3. The van der Waals surface area contributed by atoms with Gasteiger partial charge in [-0.2, -0.15) is 0 Å². The van der Waals surface area contributed by atoms with Crippen LogP contribution < -0.4 is 10.2 Å². The molecule has 1 fully saturated rings. The first-order valence-corrected chi connectivity index (χ1v) is 7.48. The van der Waals surface area contributed by atoms with Crippen molar-refractivity contribution in [3.8, 4) is 0 Å². The van der Waals surface area contributed by atoms with Gasteiger partial charge in [-0.3, -0.25) is 0 Å². The van der Waals surface area contributed by atoms with E-state index < -0.39 is 0 Å². The molecule has 0 atom stereocenters. The van der Waals surface area contributed by atoms with Crippen LogP contribution in [0.25, 0.3) is 0 Å². The van der Waals surface area contributed by atoms with E-state index in [0.29, 0.717) is 6.04 Å². The van der Waals surface area contributed by atoms with Crippen molar-refractivity contribution < 1.29 is 4.39 Å². The second-order valence-corrected chi connectivity index (χ2v) is 5.37. The number of hydrogen-bond donors (Lipinski definition) is 1. The number of nitrogens with one attached hydrogen (secondary N) is 1. The van der Waals surface area contributed by atoms with E-state index in [1.54, 1.807) is 18.3 Å². The van der Waals surface area contributed by atoms with E-state index in [-0.39, 0.29) is 5.82 Å². The summed E-state index contributed by atoms with van der Waals surface area (Å²) in [6.07, 6.45) is 4.31. The maximum absolute atomic E-state index is 13.5. The molecule has 1 N–H and O–H groups in total. The standard InChI is InChI=1S/C17H20FN3/c1-2-21(16-7-3-6-14(18)11-16)17-13(5-4-10-19-17)12-20-15-8-9-15/h3-7,10-11,15,20H,2,8-9,12H2,1H3. The average Bonchev–Trinajstić information content (AvgIpc) is 3.31. The molecule has 0 unspecified atom stereocenters. The molecule has 0 bridgehead atoms. The number of rotatable bonds is 6. The van der Waals surface area contributed by atoms with Gasteiger partial charge in [0, 0.05) is 36.6 Å². The van der Waals surface area contributed by atoms with Gasteiger partial charge in [-0.25, -0.2) is 9.37 Å². The van der Waals surface area contributed by atoms with Gasteiger partial charge in [-0.1, -0.05) is 12.1 Å². The van der Waals surface area contributed by atoms with Crippen molar-refractivity contribution in [2.45, 2.75) is 32.4 Å².